The summed E-state index contributed by atoms with van der Waals surface area (Å²) in [5, 5.41) is 3.04. The number of primary amides is 1. The van der Waals surface area contributed by atoms with Crippen molar-refractivity contribution < 1.29 is 9.59 Å². The van der Waals surface area contributed by atoms with Crippen LogP contribution in [0, 0.1) is 0 Å². The van der Waals surface area contributed by atoms with E-state index in [1.807, 2.05) is 13.8 Å². The fraction of sp³-hybridized carbons (Fsp3) is 0.750. The fourth-order valence-electron chi connectivity index (χ4n) is 1.43. The summed E-state index contributed by atoms with van der Waals surface area (Å²) in [6.07, 6.45) is 0.0621. The monoisotopic (exact) mass is 185 g/mol. The van der Waals surface area contributed by atoms with E-state index in [1.54, 1.807) is 11.9 Å². The fourth-order valence-corrected chi connectivity index (χ4v) is 1.43. The molecule has 74 valence electrons. The number of likely N-dealkylation sites (N-methyl/N-ethyl adjacent to an activating group) is 1. The van der Waals surface area contributed by atoms with E-state index in [4.69, 9.17) is 5.73 Å². The van der Waals surface area contributed by atoms with Gasteiger partial charge in [0, 0.05) is 7.05 Å². The Bertz CT molecular complexity index is 250. The number of carbonyl (C=O) groups excluding carboxylic acids is 2. The van der Waals surface area contributed by atoms with Crippen LogP contribution < -0.4 is 11.1 Å². The molecule has 0 bridgehead atoms. The molecule has 0 aromatic carbocycles. The lowest BCUT2D eigenvalue weighted by Crippen LogP contribution is -2.45. The molecular formula is C8H15N3O2. The van der Waals surface area contributed by atoms with E-state index in [9.17, 15) is 9.59 Å². The van der Waals surface area contributed by atoms with Gasteiger partial charge in [-0.2, -0.15) is 0 Å². The van der Waals surface area contributed by atoms with Gasteiger partial charge in [-0.1, -0.05) is 0 Å². The Labute approximate surface area is 77.3 Å². The van der Waals surface area contributed by atoms with Crippen molar-refractivity contribution >= 4 is 11.8 Å². The van der Waals surface area contributed by atoms with Crippen LogP contribution in [0.15, 0.2) is 0 Å². The molecule has 1 heterocycles. The van der Waals surface area contributed by atoms with Crippen LogP contribution in [0.25, 0.3) is 0 Å². The van der Waals surface area contributed by atoms with Crippen molar-refractivity contribution in [2.45, 2.75) is 32.0 Å². The number of amides is 2. The highest BCUT2D eigenvalue weighted by atomic mass is 16.2. The van der Waals surface area contributed by atoms with Crippen molar-refractivity contribution in [2.24, 2.45) is 5.73 Å². The van der Waals surface area contributed by atoms with Crippen LogP contribution in [0.5, 0.6) is 0 Å². The van der Waals surface area contributed by atoms with Gasteiger partial charge in [0.1, 0.15) is 0 Å². The highest BCUT2D eigenvalue weighted by Gasteiger charge is 2.42. The molecule has 5 heteroatoms. The zero-order chi connectivity index (χ0) is 10.2. The highest BCUT2D eigenvalue weighted by molar-refractivity contribution is 5.89. The summed E-state index contributed by atoms with van der Waals surface area (Å²) >= 11 is 0. The van der Waals surface area contributed by atoms with E-state index in [1.165, 1.54) is 0 Å². The second-order valence-corrected chi connectivity index (χ2v) is 3.82. The average Bonchev–Trinajstić information content (AvgIpc) is 2.13. The van der Waals surface area contributed by atoms with Crippen LogP contribution in [-0.2, 0) is 9.59 Å². The first-order valence-corrected chi connectivity index (χ1v) is 4.18. The molecule has 0 aromatic heterocycles. The van der Waals surface area contributed by atoms with Gasteiger partial charge in [0.15, 0.2) is 0 Å². The standard InChI is InChI=1S/C8H15N3O2/c1-8(2)10-5(4-6(9)12)7(13)11(8)3/h5,10H,4H2,1-3H3,(H2,9,12)/t5-/m0/s1. The molecule has 1 aliphatic heterocycles. The third kappa shape index (κ3) is 1.80. The van der Waals surface area contributed by atoms with Gasteiger partial charge >= 0.3 is 0 Å². The lowest BCUT2D eigenvalue weighted by molar-refractivity contribution is -0.131. The lowest BCUT2D eigenvalue weighted by atomic mass is 10.2. The van der Waals surface area contributed by atoms with E-state index in [-0.39, 0.29) is 12.3 Å². The summed E-state index contributed by atoms with van der Waals surface area (Å²) in [6, 6.07) is -0.461. The van der Waals surface area contributed by atoms with Crippen LogP contribution in [0.1, 0.15) is 20.3 Å². The molecule has 0 aromatic rings. The molecular weight excluding hydrogens is 170 g/mol. The average molecular weight is 185 g/mol. The third-order valence-corrected chi connectivity index (χ3v) is 2.40. The van der Waals surface area contributed by atoms with Crippen LogP contribution in [-0.4, -0.2) is 35.5 Å². The minimum atomic E-state index is -0.461. The molecule has 0 saturated carbocycles. The zero-order valence-electron chi connectivity index (χ0n) is 8.13. The molecule has 1 atom stereocenters. The van der Waals surface area contributed by atoms with Crippen molar-refractivity contribution in [3.8, 4) is 0 Å². The lowest BCUT2D eigenvalue weighted by Gasteiger charge is -2.27. The molecule has 5 nitrogen and oxygen atoms in total. The van der Waals surface area contributed by atoms with Gasteiger partial charge in [0.2, 0.25) is 11.8 Å². The summed E-state index contributed by atoms with van der Waals surface area (Å²) in [5.74, 6) is -0.541. The van der Waals surface area contributed by atoms with Gasteiger partial charge in [-0.25, -0.2) is 0 Å². The number of carbonyl (C=O) groups is 2. The largest absolute Gasteiger partial charge is 0.370 e. The SMILES string of the molecule is CN1C(=O)[C@H](CC(N)=O)NC1(C)C. The number of rotatable bonds is 2. The van der Waals surface area contributed by atoms with Gasteiger partial charge in [-0.15, -0.1) is 0 Å². The summed E-state index contributed by atoms with van der Waals surface area (Å²) < 4.78 is 0. The van der Waals surface area contributed by atoms with Gasteiger partial charge in [-0.3, -0.25) is 14.9 Å². The first-order chi connectivity index (χ1) is 5.84. The Morgan fingerprint density at radius 3 is 2.54 bits per heavy atom. The summed E-state index contributed by atoms with van der Waals surface area (Å²) in [7, 11) is 1.70. The highest BCUT2D eigenvalue weighted by Crippen LogP contribution is 2.19. The number of hydrogen-bond donors (Lipinski definition) is 2. The first-order valence-electron chi connectivity index (χ1n) is 4.18. The van der Waals surface area contributed by atoms with Crippen molar-refractivity contribution in [3.05, 3.63) is 0 Å². The third-order valence-electron chi connectivity index (χ3n) is 2.40. The maximum Gasteiger partial charge on any atom is 0.241 e. The maximum absolute atomic E-state index is 11.5. The number of nitrogens with zero attached hydrogens (tertiary/aromatic N) is 1. The topological polar surface area (TPSA) is 75.4 Å². The van der Waals surface area contributed by atoms with E-state index in [2.05, 4.69) is 5.32 Å². The second kappa shape index (κ2) is 2.99. The zero-order valence-corrected chi connectivity index (χ0v) is 8.13. The molecule has 0 radical (unpaired) electrons. The Kier molecular flexibility index (Phi) is 2.30. The van der Waals surface area contributed by atoms with Crippen LogP contribution in [0.4, 0.5) is 0 Å². The number of hydrogen-bond acceptors (Lipinski definition) is 3. The van der Waals surface area contributed by atoms with E-state index in [0.717, 1.165) is 0 Å². The maximum atomic E-state index is 11.5. The quantitative estimate of drug-likeness (QED) is 0.581. The predicted molar refractivity (Wildman–Crippen MR) is 47.6 cm³/mol. The molecule has 1 saturated heterocycles. The molecule has 0 aliphatic carbocycles. The van der Waals surface area contributed by atoms with Gasteiger partial charge < -0.3 is 10.6 Å². The van der Waals surface area contributed by atoms with Crippen molar-refractivity contribution in [1.29, 1.82) is 0 Å². The van der Waals surface area contributed by atoms with Crippen LogP contribution in [0.3, 0.4) is 0 Å². The summed E-state index contributed by atoms with van der Waals surface area (Å²) in [6.45, 7) is 3.76. The molecule has 0 spiro atoms. The smallest absolute Gasteiger partial charge is 0.241 e. The number of nitrogens with two attached hydrogens (primary N) is 1. The Morgan fingerprint density at radius 2 is 2.23 bits per heavy atom. The van der Waals surface area contributed by atoms with E-state index < -0.39 is 17.6 Å². The van der Waals surface area contributed by atoms with E-state index >= 15 is 0 Å². The van der Waals surface area contributed by atoms with E-state index in [0.29, 0.717) is 0 Å². The molecule has 2 amide bonds. The Balaban J connectivity index is 2.72. The summed E-state index contributed by atoms with van der Waals surface area (Å²) in [5.41, 5.74) is 4.63. The molecule has 3 N–H and O–H groups in total. The minimum Gasteiger partial charge on any atom is -0.370 e. The molecule has 1 aliphatic rings. The van der Waals surface area contributed by atoms with Gasteiger partial charge in [-0.05, 0) is 13.8 Å². The predicted octanol–water partition coefficient (Wildman–Crippen LogP) is -0.972. The Hall–Kier alpha value is -1.10. The van der Waals surface area contributed by atoms with Crippen LogP contribution in [0.2, 0.25) is 0 Å². The van der Waals surface area contributed by atoms with Gasteiger partial charge in [0.25, 0.3) is 0 Å². The number of nitrogens with one attached hydrogen (secondary N) is 1. The minimum absolute atomic E-state index is 0.0621. The molecule has 1 rings (SSSR count). The van der Waals surface area contributed by atoms with Crippen molar-refractivity contribution in [1.82, 2.24) is 10.2 Å². The molecule has 13 heavy (non-hydrogen) atoms. The Morgan fingerprint density at radius 1 is 1.69 bits per heavy atom. The second-order valence-electron chi connectivity index (χ2n) is 3.82. The van der Waals surface area contributed by atoms with Gasteiger partial charge in [0.05, 0.1) is 18.1 Å². The normalized spacial score (nSPS) is 26.5. The van der Waals surface area contributed by atoms with Crippen LogP contribution >= 0.6 is 0 Å². The van der Waals surface area contributed by atoms with Crippen molar-refractivity contribution in [2.75, 3.05) is 7.05 Å². The molecule has 0 unspecified atom stereocenters. The summed E-state index contributed by atoms with van der Waals surface area (Å²) in [4.78, 5) is 23.7. The first kappa shape index (κ1) is 9.98. The molecule has 1 fully saturated rings. The van der Waals surface area contributed by atoms with Crippen molar-refractivity contribution in [3.63, 3.8) is 0 Å².